The number of ether oxygens (including phenoxy) is 2. The standard InChI is InChI=1S/C17H32N2O2/c1-20-15-10-19(11-16(15)21-2)13-17(8-4-3-5-9-17)12-18-14-6-7-14/h14-16,18H,3-13H2,1-2H3. The second-order valence-electron chi connectivity index (χ2n) is 7.46. The minimum atomic E-state index is 0.243. The van der Waals surface area contributed by atoms with Crippen molar-refractivity contribution in [1.29, 1.82) is 0 Å². The fourth-order valence-electron chi connectivity index (χ4n) is 4.22. The van der Waals surface area contributed by atoms with Gasteiger partial charge in [-0.2, -0.15) is 0 Å². The van der Waals surface area contributed by atoms with Crippen LogP contribution in [0.3, 0.4) is 0 Å². The van der Waals surface area contributed by atoms with E-state index in [-0.39, 0.29) is 12.2 Å². The van der Waals surface area contributed by atoms with Crippen LogP contribution in [0, 0.1) is 5.41 Å². The van der Waals surface area contributed by atoms with E-state index in [0.29, 0.717) is 5.41 Å². The maximum absolute atomic E-state index is 5.59. The highest BCUT2D eigenvalue weighted by atomic mass is 16.5. The van der Waals surface area contributed by atoms with Crippen LogP contribution >= 0.6 is 0 Å². The van der Waals surface area contributed by atoms with Gasteiger partial charge in [0.05, 0.1) is 12.2 Å². The minimum absolute atomic E-state index is 0.243. The average molecular weight is 296 g/mol. The number of likely N-dealkylation sites (tertiary alicyclic amines) is 1. The summed E-state index contributed by atoms with van der Waals surface area (Å²) in [5, 5.41) is 3.80. The summed E-state index contributed by atoms with van der Waals surface area (Å²) in [6.07, 6.45) is 10.3. The quantitative estimate of drug-likeness (QED) is 0.779. The molecule has 2 saturated carbocycles. The van der Waals surface area contributed by atoms with Crippen LogP contribution in [0.2, 0.25) is 0 Å². The van der Waals surface area contributed by atoms with Gasteiger partial charge in [-0.15, -0.1) is 0 Å². The largest absolute Gasteiger partial charge is 0.377 e. The highest BCUT2D eigenvalue weighted by Gasteiger charge is 2.40. The molecule has 0 radical (unpaired) electrons. The fourth-order valence-corrected chi connectivity index (χ4v) is 4.22. The van der Waals surface area contributed by atoms with Crippen molar-refractivity contribution in [2.45, 2.75) is 63.2 Å². The first-order valence-electron chi connectivity index (χ1n) is 8.76. The third kappa shape index (κ3) is 3.98. The molecule has 3 fully saturated rings. The Labute approximate surface area is 129 Å². The normalized spacial score (nSPS) is 33.4. The van der Waals surface area contributed by atoms with E-state index in [1.165, 1.54) is 58.0 Å². The summed E-state index contributed by atoms with van der Waals surface area (Å²) < 4.78 is 11.2. The molecule has 2 aliphatic carbocycles. The molecule has 0 aromatic rings. The van der Waals surface area contributed by atoms with Gasteiger partial charge >= 0.3 is 0 Å². The molecular formula is C17H32N2O2. The van der Waals surface area contributed by atoms with Crippen molar-refractivity contribution in [1.82, 2.24) is 10.2 Å². The Bertz CT molecular complexity index is 315. The lowest BCUT2D eigenvalue weighted by atomic mass is 9.73. The topological polar surface area (TPSA) is 33.7 Å². The smallest absolute Gasteiger partial charge is 0.0971 e. The molecule has 0 amide bonds. The maximum Gasteiger partial charge on any atom is 0.0971 e. The highest BCUT2D eigenvalue weighted by Crippen LogP contribution is 2.38. The zero-order valence-corrected chi connectivity index (χ0v) is 13.8. The van der Waals surface area contributed by atoms with Gasteiger partial charge in [0, 0.05) is 46.4 Å². The van der Waals surface area contributed by atoms with Crippen LogP contribution in [0.4, 0.5) is 0 Å². The molecule has 0 bridgehead atoms. The first-order chi connectivity index (χ1) is 10.2. The third-order valence-electron chi connectivity index (χ3n) is 5.71. The van der Waals surface area contributed by atoms with E-state index in [1.807, 2.05) is 14.2 Å². The number of nitrogens with zero attached hydrogens (tertiary/aromatic N) is 1. The van der Waals surface area contributed by atoms with Crippen LogP contribution in [0.1, 0.15) is 44.9 Å². The predicted octanol–water partition coefficient (Wildman–Crippen LogP) is 2.03. The van der Waals surface area contributed by atoms with Crippen molar-refractivity contribution >= 4 is 0 Å². The second kappa shape index (κ2) is 6.95. The first kappa shape index (κ1) is 15.7. The molecule has 0 aromatic carbocycles. The Balaban J connectivity index is 1.58. The van der Waals surface area contributed by atoms with E-state index in [4.69, 9.17) is 9.47 Å². The van der Waals surface area contributed by atoms with Crippen LogP contribution < -0.4 is 5.32 Å². The lowest BCUT2D eigenvalue weighted by Crippen LogP contribution is -2.45. The molecule has 4 nitrogen and oxygen atoms in total. The Morgan fingerprint density at radius 3 is 2.14 bits per heavy atom. The Morgan fingerprint density at radius 1 is 1.00 bits per heavy atom. The maximum atomic E-state index is 5.59. The molecular weight excluding hydrogens is 264 g/mol. The van der Waals surface area contributed by atoms with Gasteiger partial charge in [-0.1, -0.05) is 19.3 Å². The number of hydrogen-bond acceptors (Lipinski definition) is 4. The van der Waals surface area contributed by atoms with Crippen LogP contribution in [-0.2, 0) is 9.47 Å². The van der Waals surface area contributed by atoms with Crippen molar-refractivity contribution in [3.05, 3.63) is 0 Å². The predicted molar refractivity (Wildman–Crippen MR) is 84.6 cm³/mol. The Morgan fingerprint density at radius 2 is 1.62 bits per heavy atom. The van der Waals surface area contributed by atoms with Gasteiger partial charge in [-0.05, 0) is 31.1 Å². The summed E-state index contributed by atoms with van der Waals surface area (Å²) in [4.78, 5) is 2.59. The van der Waals surface area contributed by atoms with E-state index >= 15 is 0 Å². The first-order valence-corrected chi connectivity index (χ1v) is 8.76. The molecule has 1 heterocycles. The summed E-state index contributed by atoms with van der Waals surface area (Å²) in [6.45, 7) is 4.48. The van der Waals surface area contributed by atoms with Crippen LogP contribution in [-0.4, -0.2) is 63.5 Å². The Hall–Kier alpha value is -0.160. The highest BCUT2D eigenvalue weighted by molar-refractivity contribution is 4.95. The number of rotatable bonds is 7. The van der Waals surface area contributed by atoms with Crippen molar-refractivity contribution in [3.8, 4) is 0 Å². The van der Waals surface area contributed by atoms with Gasteiger partial charge in [0.25, 0.3) is 0 Å². The molecule has 3 rings (SSSR count). The van der Waals surface area contributed by atoms with Crippen LogP contribution in [0.15, 0.2) is 0 Å². The molecule has 21 heavy (non-hydrogen) atoms. The molecule has 0 aromatic heterocycles. The number of hydrogen-bond donors (Lipinski definition) is 1. The molecule has 1 saturated heterocycles. The van der Waals surface area contributed by atoms with Gasteiger partial charge in [-0.3, -0.25) is 4.90 Å². The molecule has 2 unspecified atom stereocenters. The average Bonchev–Trinajstić information content (AvgIpc) is 3.26. The summed E-state index contributed by atoms with van der Waals surface area (Å²) in [5.74, 6) is 0. The van der Waals surface area contributed by atoms with E-state index in [1.54, 1.807) is 0 Å². The molecule has 4 heteroatoms. The van der Waals surface area contributed by atoms with Crippen LogP contribution in [0.25, 0.3) is 0 Å². The SMILES string of the molecule is COC1CN(CC2(CNC3CC3)CCCCC2)CC1OC. The van der Waals surface area contributed by atoms with Crippen molar-refractivity contribution in [3.63, 3.8) is 0 Å². The van der Waals surface area contributed by atoms with Gasteiger partial charge in [0.2, 0.25) is 0 Å². The molecule has 0 spiro atoms. The summed E-state index contributed by atoms with van der Waals surface area (Å²) in [6, 6.07) is 0.820. The minimum Gasteiger partial charge on any atom is -0.377 e. The summed E-state index contributed by atoms with van der Waals surface area (Å²) >= 11 is 0. The van der Waals surface area contributed by atoms with Gasteiger partial charge in [-0.25, -0.2) is 0 Å². The molecule has 2 atom stereocenters. The molecule has 1 N–H and O–H groups in total. The number of nitrogens with one attached hydrogen (secondary N) is 1. The second-order valence-corrected chi connectivity index (χ2v) is 7.46. The van der Waals surface area contributed by atoms with Gasteiger partial charge < -0.3 is 14.8 Å². The Kier molecular flexibility index (Phi) is 5.20. The zero-order valence-electron chi connectivity index (χ0n) is 13.8. The van der Waals surface area contributed by atoms with Crippen molar-refractivity contribution in [2.75, 3.05) is 40.4 Å². The van der Waals surface area contributed by atoms with E-state index < -0.39 is 0 Å². The fraction of sp³-hybridized carbons (Fsp3) is 1.00. The van der Waals surface area contributed by atoms with Gasteiger partial charge in [0.1, 0.15) is 0 Å². The van der Waals surface area contributed by atoms with Gasteiger partial charge in [0.15, 0.2) is 0 Å². The molecule has 122 valence electrons. The molecule has 1 aliphatic heterocycles. The lowest BCUT2D eigenvalue weighted by molar-refractivity contribution is -0.00461. The van der Waals surface area contributed by atoms with E-state index in [9.17, 15) is 0 Å². The van der Waals surface area contributed by atoms with Crippen molar-refractivity contribution < 1.29 is 9.47 Å². The van der Waals surface area contributed by atoms with Crippen LogP contribution in [0.5, 0.6) is 0 Å². The monoisotopic (exact) mass is 296 g/mol. The number of methoxy groups -OCH3 is 2. The summed E-state index contributed by atoms with van der Waals surface area (Å²) in [7, 11) is 3.62. The zero-order chi connectivity index (χ0) is 14.7. The van der Waals surface area contributed by atoms with E-state index in [0.717, 1.165) is 19.1 Å². The summed E-state index contributed by atoms with van der Waals surface area (Å²) in [5.41, 5.74) is 0.488. The third-order valence-corrected chi connectivity index (χ3v) is 5.71. The lowest BCUT2D eigenvalue weighted by Gasteiger charge is -2.40. The van der Waals surface area contributed by atoms with Crippen molar-refractivity contribution in [2.24, 2.45) is 5.41 Å². The molecule has 3 aliphatic rings. The van der Waals surface area contributed by atoms with E-state index in [2.05, 4.69) is 10.2 Å².